The number of hydrogen-bond acceptors (Lipinski definition) is 3. The van der Waals surface area contributed by atoms with Gasteiger partial charge in [0.25, 0.3) is 0 Å². The third-order valence-corrected chi connectivity index (χ3v) is 4.28. The van der Waals surface area contributed by atoms with Gasteiger partial charge >= 0.3 is 0 Å². The molecule has 0 aliphatic heterocycles. The zero-order valence-electron chi connectivity index (χ0n) is 9.16. The molecule has 3 N–H and O–H groups in total. The van der Waals surface area contributed by atoms with Gasteiger partial charge in [0, 0.05) is 16.5 Å². The molecular formula is C10H23NOS. The van der Waals surface area contributed by atoms with Crippen molar-refractivity contribution in [2.24, 2.45) is 11.7 Å². The summed E-state index contributed by atoms with van der Waals surface area (Å²) in [6, 6.07) is 0.121. The van der Waals surface area contributed by atoms with E-state index >= 15 is 0 Å². The zero-order chi connectivity index (χ0) is 10.4. The Morgan fingerprint density at radius 1 is 1.31 bits per heavy atom. The van der Waals surface area contributed by atoms with Crippen LogP contribution >= 0.6 is 11.8 Å². The number of rotatable bonds is 6. The van der Waals surface area contributed by atoms with Gasteiger partial charge in [-0.15, -0.1) is 0 Å². The first kappa shape index (κ1) is 13.3. The molecular weight excluding hydrogens is 182 g/mol. The van der Waals surface area contributed by atoms with Crippen molar-refractivity contribution in [1.29, 1.82) is 0 Å². The molecule has 0 amide bonds. The molecule has 0 aliphatic carbocycles. The third-order valence-electron chi connectivity index (χ3n) is 2.46. The minimum atomic E-state index is 0.121. The van der Waals surface area contributed by atoms with E-state index in [1.165, 1.54) is 0 Å². The van der Waals surface area contributed by atoms with Crippen LogP contribution < -0.4 is 5.73 Å². The number of aliphatic hydroxyl groups excluding tert-OH is 1. The Hall–Kier alpha value is 0.270. The van der Waals surface area contributed by atoms with Crippen LogP contribution in [0.3, 0.4) is 0 Å². The second-order valence-corrected chi connectivity index (χ2v) is 5.50. The number of aliphatic hydroxyl groups is 1. The SMILES string of the molecule is CCC(N)C(CO)SC(C)C(C)C. The van der Waals surface area contributed by atoms with E-state index in [9.17, 15) is 0 Å². The Morgan fingerprint density at radius 2 is 1.85 bits per heavy atom. The topological polar surface area (TPSA) is 46.2 Å². The molecule has 0 rings (SSSR count). The fraction of sp³-hybridized carbons (Fsp3) is 1.00. The first-order valence-corrected chi connectivity index (χ1v) is 5.99. The zero-order valence-corrected chi connectivity index (χ0v) is 9.97. The summed E-state index contributed by atoms with van der Waals surface area (Å²) in [5.74, 6) is 0.642. The van der Waals surface area contributed by atoms with Gasteiger partial charge in [0.15, 0.2) is 0 Å². The van der Waals surface area contributed by atoms with Gasteiger partial charge in [-0.2, -0.15) is 11.8 Å². The van der Waals surface area contributed by atoms with Crippen molar-refractivity contribution in [2.75, 3.05) is 6.61 Å². The lowest BCUT2D eigenvalue weighted by Gasteiger charge is -2.25. The van der Waals surface area contributed by atoms with E-state index in [0.29, 0.717) is 11.2 Å². The number of thioether (sulfide) groups is 1. The van der Waals surface area contributed by atoms with Gasteiger partial charge < -0.3 is 10.8 Å². The molecule has 0 aromatic rings. The highest BCUT2D eigenvalue weighted by Crippen LogP contribution is 2.25. The van der Waals surface area contributed by atoms with Crippen LogP contribution in [0.2, 0.25) is 0 Å². The molecule has 0 aromatic heterocycles. The average molecular weight is 205 g/mol. The molecule has 80 valence electrons. The number of nitrogens with two attached hydrogens (primary N) is 1. The Bertz CT molecular complexity index is 130. The van der Waals surface area contributed by atoms with Crippen molar-refractivity contribution in [3.8, 4) is 0 Å². The van der Waals surface area contributed by atoms with Crippen molar-refractivity contribution in [1.82, 2.24) is 0 Å². The molecule has 0 heterocycles. The Balaban J connectivity index is 3.97. The molecule has 0 saturated carbocycles. The van der Waals surface area contributed by atoms with Gasteiger partial charge in [0.2, 0.25) is 0 Å². The average Bonchev–Trinajstić information content (AvgIpc) is 2.12. The fourth-order valence-corrected chi connectivity index (χ4v) is 2.32. The quantitative estimate of drug-likeness (QED) is 0.696. The summed E-state index contributed by atoms with van der Waals surface area (Å²) in [5, 5.41) is 9.92. The normalized spacial score (nSPS) is 18.7. The molecule has 0 fully saturated rings. The highest BCUT2D eigenvalue weighted by Gasteiger charge is 2.20. The summed E-state index contributed by atoms with van der Waals surface area (Å²) in [7, 11) is 0. The second-order valence-electron chi connectivity index (χ2n) is 3.88. The maximum Gasteiger partial charge on any atom is 0.0565 e. The van der Waals surface area contributed by atoms with Crippen molar-refractivity contribution in [2.45, 2.75) is 50.7 Å². The van der Waals surface area contributed by atoms with Crippen LogP contribution in [0.5, 0.6) is 0 Å². The summed E-state index contributed by atoms with van der Waals surface area (Å²) in [5.41, 5.74) is 5.90. The Kier molecular flexibility index (Phi) is 6.82. The summed E-state index contributed by atoms with van der Waals surface area (Å²) in [6.45, 7) is 8.85. The fourth-order valence-electron chi connectivity index (χ4n) is 0.975. The van der Waals surface area contributed by atoms with Crippen molar-refractivity contribution < 1.29 is 5.11 Å². The predicted molar refractivity (Wildman–Crippen MR) is 61.0 cm³/mol. The number of hydrogen-bond donors (Lipinski definition) is 2. The lowest BCUT2D eigenvalue weighted by atomic mass is 10.1. The van der Waals surface area contributed by atoms with Gasteiger partial charge in [-0.25, -0.2) is 0 Å². The van der Waals surface area contributed by atoms with Gasteiger partial charge in [0.1, 0.15) is 0 Å². The second kappa shape index (κ2) is 6.68. The summed E-state index contributed by atoms with van der Waals surface area (Å²) < 4.78 is 0. The van der Waals surface area contributed by atoms with Crippen molar-refractivity contribution in [3.05, 3.63) is 0 Å². The highest BCUT2D eigenvalue weighted by atomic mass is 32.2. The minimum Gasteiger partial charge on any atom is -0.395 e. The van der Waals surface area contributed by atoms with Crippen molar-refractivity contribution >= 4 is 11.8 Å². The molecule has 3 atom stereocenters. The summed E-state index contributed by atoms with van der Waals surface area (Å²) >= 11 is 1.81. The Morgan fingerprint density at radius 3 is 2.15 bits per heavy atom. The molecule has 3 unspecified atom stereocenters. The van der Waals surface area contributed by atoms with Crippen LogP contribution in [0.25, 0.3) is 0 Å². The maximum absolute atomic E-state index is 9.16. The van der Waals surface area contributed by atoms with E-state index < -0.39 is 0 Å². The first-order valence-electron chi connectivity index (χ1n) is 5.04. The molecule has 0 aromatic carbocycles. The van der Waals surface area contributed by atoms with Crippen molar-refractivity contribution in [3.63, 3.8) is 0 Å². The molecule has 0 bridgehead atoms. The Labute approximate surface area is 86.3 Å². The standard InChI is InChI=1S/C10H23NOS/c1-5-9(11)10(6-12)13-8(4)7(2)3/h7-10,12H,5-6,11H2,1-4H3. The summed E-state index contributed by atoms with van der Waals surface area (Å²) in [4.78, 5) is 0. The van der Waals surface area contributed by atoms with Crippen LogP contribution in [-0.4, -0.2) is 28.3 Å². The van der Waals surface area contributed by atoms with Crippen LogP contribution in [-0.2, 0) is 0 Å². The molecule has 2 nitrogen and oxygen atoms in total. The van der Waals surface area contributed by atoms with E-state index in [2.05, 4.69) is 27.7 Å². The molecule has 0 radical (unpaired) electrons. The van der Waals surface area contributed by atoms with Gasteiger partial charge in [-0.3, -0.25) is 0 Å². The van der Waals surface area contributed by atoms with Gasteiger partial charge in [-0.1, -0.05) is 27.7 Å². The molecule has 3 heteroatoms. The smallest absolute Gasteiger partial charge is 0.0565 e. The van der Waals surface area contributed by atoms with E-state index in [1.54, 1.807) is 0 Å². The third kappa shape index (κ3) is 4.89. The molecule has 0 aliphatic rings. The molecule has 0 spiro atoms. The van der Waals surface area contributed by atoms with E-state index in [-0.39, 0.29) is 17.9 Å². The maximum atomic E-state index is 9.16. The first-order chi connectivity index (χ1) is 6.02. The largest absolute Gasteiger partial charge is 0.395 e. The summed E-state index contributed by atoms with van der Waals surface area (Å²) in [6.07, 6.45) is 0.934. The van der Waals surface area contributed by atoms with Crippen LogP contribution in [0.4, 0.5) is 0 Å². The predicted octanol–water partition coefficient (Wildman–Crippen LogP) is 1.86. The lowest BCUT2D eigenvalue weighted by Crippen LogP contribution is -2.36. The van der Waals surface area contributed by atoms with Gasteiger partial charge in [-0.05, 0) is 12.3 Å². The van der Waals surface area contributed by atoms with E-state index in [4.69, 9.17) is 10.8 Å². The van der Waals surface area contributed by atoms with Gasteiger partial charge in [0.05, 0.1) is 6.61 Å². The van der Waals surface area contributed by atoms with E-state index in [0.717, 1.165) is 6.42 Å². The van der Waals surface area contributed by atoms with Crippen LogP contribution in [0.1, 0.15) is 34.1 Å². The van der Waals surface area contributed by atoms with Crippen LogP contribution in [0.15, 0.2) is 0 Å². The lowest BCUT2D eigenvalue weighted by molar-refractivity contribution is 0.280. The van der Waals surface area contributed by atoms with Crippen LogP contribution in [0, 0.1) is 5.92 Å². The highest BCUT2D eigenvalue weighted by molar-refractivity contribution is 8.00. The molecule has 0 saturated heterocycles. The molecule has 13 heavy (non-hydrogen) atoms. The van der Waals surface area contributed by atoms with E-state index in [1.807, 2.05) is 11.8 Å². The minimum absolute atomic E-state index is 0.121. The monoisotopic (exact) mass is 205 g/mol.